The molecule has 29 heavy (non-hydrogen) atoms. The number of halogens is 1. The van der Waals surface area contributed by atoms with Crippen LogP contribution in [0.3, 0.4) is 0 Å². The lowest BCUT2D eigenvalue weighted by atomic mass is 9.82. The van der Waals surface area contributed by atoms with Gasteiger partial charge in [0.15, 0.2) is 0 Å². The number of carbonyl (C=O) groups is 1. The molecule has 3 aromatic rings. The number of aromatic nitrogens is 1. The van der Waals surface area contributed by atoms with Gasteiger partial charge in [0.1, 0.15) is 11.6 Å². The predicted molar refractivity (Wildman–Crippen MR) is 109 cm³/mol. The number of ether oxygens (including phenoxy) is 1. The lowest BCUT2D eigenvalue weighted by Gasteiger charge is -2.46. The second-order valence-corrected chi connectivity index (χ2v) is 7.65. The standard InChI is InChI=1S/C23H22FN3O2/c1-29-18-7-4-16(5-8-18)22(28)26-13-10-23(11-14-26)21-3-2-12-27(21)20-9-6-17(24)15-19(20)25-23/h2-9,12,15,25H,10-11,13-14H2,1H3. The molecule has 1 fully saturated rings. The van der Waals surface area contributed by atoms with Gasteiger partial charge in [-0.15, -0.1) is 0 Å². The molecular weight excluding hydrogens is 369 g/mol. The Morgan fingerprint density at radius 1 is 1.10 bits per heavy atom. The minimum absolute atomic E-state index is 0.0279. The Kier molecular flexibility index (Phi) is 4.08. The van der Waals surface area contributed by atoms with E-state index in [2.05, 4.69) is 16.0 Å². The Labute approximate surface area is 168 Å². The third-order valence-electron chi connectivity index (χ3n) is 6.07. The molecule has 0 saturated carbocycles. The van der Waals surface area contributed by atoms with Gasteiger partial charge < -0.3 is 19.5 Å². The van der Waals surface area contributed by atoms with Gasteiger partial charge in [0.25, 0.3) is 5.91 Å². The van der Waals surface area contributed by atoms with Crippen molar-refractivity contribution in [2.24, 2.45) is 0 Å². The molecule has 0 unspecified atom stereocenters. The first-order valence-corrected chi connectivity index (χ1v) is 9.79. The van der Waals surface area contributed by atoms with Crippen LogP contribution in [0.2, 0.25) is 0 Å². The number of anilines is 1. The molecule has 6 heteroatoms. The molecule has 2 aromatic carbocycles. The third kappa shape index (κ3) is 2.87. The quantitative estimate of drug-likeness (QED) is 0.713. The van der Waals surface area contributed by atoms with Crippen molar-refractivity contribution in [3.05, 3.63) is 77.9 Å². The molecule has 1 spiro atoms. The first-order chi connectivity index (χ1) is 14.1. The van der Waals surface area contributed by atoms with Crippen LogP contribution in [0.4, 0.5) is 10.1 Å². The summed E-state index contributed by atoms with van der Waals surface area (Å²) in [4.78, 5) is 14.8. The summed E-state index contributed by atoms with van der Waals surface area (Å²) in [7, 11) is 1.61. The fourth-order valence-electron chi connectivity index (χ4n) is 4.51. The molecule has 5 nitrogen and oxygen atoms in total. The van der Waals surface area contributed by atoms with Crippen LogP contribution in [0.1, 0.15) is 28.9 Å². The molecule has 0 atom stereocenters. The van der Waals surface area contributed by atoms with Crippen molar-refractivity contribution in [2.75, 3.05) is 25.5 Å². The Balaban J connectivity index is 1.39. The summed E-state index contributed by atoms with van der Waals surface area (Å²) in [6, 6.07) is 16.2. The molecule has 0 aliphatic carbocycles. The number of rotatable bonds is 2. The summed E-state index contributed by atoms with van der Waals surface area (Å²) in [5, 5.41) is 3.59. The summed E-state index contributed by atoms with van der Waals surface area (Å²) < 4.78 is 21.2. The highest BCUT2D eigenvalue weighted by molar-refractivity contribution is 5.94. The zero-order valence-electron chi connectivity index (χ0n) is 16.2. The van der Waals surface area contributed by atoms with Gasteiger partial charge in [0.2, 0.25) is 0 Å². The van der Waals surface area contributed by atoms with Crippen LogP contribution in [0.15, 0.2) is 60.8 Å². The molecule has 5 rings (SSSR count). The van der Waals surface area contributed by atoms with Crippen LogP contribution >= 0.6 is 0 Å². The number of benzene rings is 2. The predicted octanol–water partition coefficient (Wildman–Crippen LogP) is 4.18. The van der Waals surface area contributed by atoms with Crippen LogP contribution in [-0.2, 0) is 5.54 Å². The highest BCUT2D eigenvalue weighted by Crippen LogP contribution is 2.43. The molecule has 3 heterocycles. The lowest BCUT2D eigenvalue weighted by Crippen LogP contribution is -2.51. The van der Waals surface area contributed by atoms with E-state index in [4.69, 9.17) is 4.74 Å². The van der Waals surface area contributed by atoms with Crippen molar-refractivity contribution in [1.29, 1.82) is 0 Å². The second kappa shape index (κ2) is 6.65. The largest absolute Gasteiger partial charge is 0.497 e. The average molecular weight is 391 g/mol. The lowest BCUT2D eigenvalue weighted by molar-refractivity contribution is 0.0676. The van der Waals surface area contributed by atoms with E-state index in [9.17, 15) is 9.18 Å². The van der Waals surface area contributed by atoms with Crippen LogP contribution in [0.25, 0.3) is 5.69 Å². The number of likely N-dealkylation sites (tertiary alicyclic amines) is 1. The summed E-state index contributed by atoms with van der Waals surface area (Å²) in [6.45, 7) is 1.27. The number of piperidine rings is 1. The van der Waals surface area contributed by atoms with Gasteiger partial charge in [-0.25, -0.2) is 4.39 Å². The molecule has 0 radical (unpaired) electrons. The maximum atomic E-state index is 13.9. The van der Waals surface area contributed by atoms with Gasteiger partial charge in [-0.3, -0.25) is 4.79 Å². The van der Waals surface area contributed by atoms with E-state index in [-0.39, 0.29) is 17.3 Å². The van der Waals surface area contributed by atoms with Gasteiger partial charge in [-0.05, 0) is 67.4 Å². The molecular formula is C23H22FN3O2. The number of methoxy groups -OCH3 is 1. The van der Waals surface area contributed by atoms with E-state index >= 15 is 0 Å². The maximum Gasteiger partial charge on any atom is 0.253 e. The maximum absolute atomic E-state index is 13.9. The monoisotopic (exact) mass is 391 g/mol. The number of nitrogens with one attached hydrogen (secondary N) is 1. The van der Waals surface area contributed by atoms with Crippen LogP contribution in [0.5, 0.6) is 5.75 Å². The second-order valence-electron chi connectivity index (χ2n) is 7.65. The Morgan fingerprint density at radius 2 is 1.86 bits per heavy atom. The van der Waals surface area contributed by atoms with Crippen LogP contribution in [0, 0.1) is 5.82 Å². The Bertz CT molecular complexity index is 1070. The number of carbonyl (C=O) groups excluding carboxylic acids is 1. The van der Waals surface area contributed by atoms with Crippen molar-refractivity contribution >= 4 is 11.6 Å². The minimum atomic E-state index is -0.305. The molecule has 0 bridgehead atoms. The molecule has 1 amide bonds. The van der Waals surface area contributed by atoms with E-state index in [1.807, 2.05) is 17.2 Å². The topological polar surface area (TPSA) is 46.5 Å². The molecule has 1 N–H and O–H groups in total. The SMILES string of the molecule is COc1ccc(C(=O)N2CCC3(CC2)Nc2cc(F)ccc2-n2cccc23)cc1. The molecule has 2 aliphatic heterocycles. The molecule has 2 aliphatic rings. The summed E-state index contributed by atoms with van der Waals surface area (Å²) >= 11 is 0. The minimum Gasteiger partial charge on any atom is -0.497 e. The van der Waals surface area contributed by atoms with Crippen molar-refractivity contribution < 1.29 is 13.9 Å². The Morgan fingerprint density at radius 3 is 2.59 bits per heavy atom. The van der Waals surface area contributed by atoms with Gasteiger partial charge >= 0.3 is 0 Å². The normalized spacial score (nSPS) is 16.7. The van der Waals surface area contributed by atoms with Crippen molar-refractivity contribution in [3.8, 4) is 11.4 Å². The summed E-state index contributed by atoms with van der Waals surface area (Å²) in [5.41, 5.74) is 3.26. The number of hydrogen-bond acceptors (Lipinski definition) is 3. The van der Waals surface area contributed by atoms with E-state index in [0.29, 0.717) is 18.7 Å². The number of nitrogens with zero attached hydrogens (tertiary/aromatic N) is 2. The average Bonchev–Trinajstić information content (AvgIpc) is 3.25. The van der Waals surface area contributed by atoms with Crippen LogP contribution in [-0.4, -0.2) is 35.6 Å². The number of fused-ring (bicyclic) bond motifs is 4. The zero-order chi connectivity index (χ0) is 20.0. The highest BCUT2D eigenvalue weighted by atomic mass is 19.1. The van der Waals surface area contributed by atoms with Gasteiger partial charge in [-0.1, -0.05) is 0 Å². The summed E-state index contributed by atoms with van der Waals surface area (Å²) in [5.74, 6) is 0.506. The number of hydrogen-bond donors (Lipinski definition) is 1. The first-order valence-electron chi connectivity index (χ1n) is 9.79. The van der Waals surface area contributed by atoms with Crippen molar-refractivity contribution in [1.82, 2.24) is 9.47 Å². The fourth-order valence-corrected chi connectivity index (χ4v) is 4.51. The van der Waals surface area contributed by atoms with Gasteiger partial charge in [0, 0.05) is 30.5 Å². The van der Waals surface area contributed by atoms with Gasteiger partial charge in [-0.2, -0.15) is 0 Å². The van der Waals surface area contributed by atoms with Crippen molar-refractivity contribution in [3.63, 3.8) is 0 Å². The fraction of sp³-hybridized carbons (Fsp3) is 0.261. The summed E-state index contributed by atoms with van der Waals surface area (Å²) in [6.07, 6.45) is 3.53. The number of amides is 1. The third-order valence-corrected chi connectivity index (χ3v) is 6.07. The Hall–Kier alpha value is -3.28. The van der Waals surface area contributed by atoms with Gasteiger partial charge in [0.05, 0.1) is 24.0 Å². The first kappa shape index (κ1) is 17.8. The zero-order valence-corrected chi connectivity index (χ0v) is 16.2. The van der Waals surface area contributed by atoms with E-state index in [0.717, 1.165) is 35.7 Å². The van der Waals surface area contributed by atoms with Crippen LogP contribution < -0.4 is 10.1 Å². The smallest absolute Gasteiger partial charge is 0.253 e. The van der Waals surface area contributed by atoms with E-state index < -0.39 is 0 Å². The van der Waals surface area contributed by atoms with Crippen molar-refractivity contribution in [2.45, 2.75) is 18.4 Å². The molecule has 1 saturated heterocycles. The molecule has 1 aromatic heterocycles. The van der Waals surface area contributed by atoms with E-state index in [1.54, 1.807) is 43.5 Å². The highest BCUT2D eigenvalue weighted by Gasteiger charge is 2.42. The van der Waals surface area contributed by atoms with E-state index in [1.165, 1.54) is 6.07 Å². The molecule has 148 valence electrons.